The van der Waals surface area contributed by atoms with Crippen LogP contribution in [0.4, 0.5) is 11.8 Å². The molecule has 0 amide bonds. The summed E-state index contributed by atoms with van der Waals surface area (Å²) in [6, 6.07) is 1.95. The number of aromatic nitrogens is 3. The number of anilines is 2. The summed E-state index contributed by atoms with van der Waals surface area (Å²) in [5, 5.41) is 4.40. The fourth-order valence-corrected chi connectivity index (χ4v) is 1.60. The molecule has 2 aromatic heterocycles. The molecule has 0 unspecified atom stereocenters. The Morgan fingerprint density at radius 3 is 2.81 bits per heavy atom. The van der Waals surface area contributed by atoms with Gasteiger partial charge in [0.25, 0.3) is 0 Å². The van der Waals surface area contributed by atoms with Gasteiger partial charge in [0.2, 0.25) is 5.95 Å². The normalized spacial score (nSPS) is 11.0. The fraction of sp³-hybridized carbons (Fsp3) is 0.300. The molecule has 0 fully saturated rings. The van der Waals surface area contributed by atoms with Gasteiger partial charge in [-0.05, 0) is 19.9 Å². The first-order valence-corrected chi connectivity index (χ1v) is 5.29. The van der Waals surface area contributed by atoms with Crippen molar-refractivity contribution in [3.05, 3.63) is 17.4 Å². The van der Waals surface area contributed by atoms with Crippen LogP contribution in [0.15, 0.2) is 12.3 Å². The molecule has 0 aliphatic heterocycles. The number of hydrogen-bond acceptors (Lipinski definition) is 5. The highest BCUT2D eigenvalue weighted by atomic mass is 35.5. The largest absolute Gasteiger partial charge is 0.368 e. The van der Waals surface area contributed by atoms with Crippen molar-refractivity contribution in [2.24, 2.45) is 0 Å². The summed E-state index contributed by atoms with van der Waals surface area (Å²) in [5.74, 6) is 0.857. The van der Waals surface area contributed by atoms with Crippen LogP contribution >= 0.6 is 11.6 Å². The van der Waals surface area contributed by atoms with Crippen molar-refractivity contribution < 1.29 is 0 Å². The zero-order valence-electron chi connectivity index (χ0n) is 9.03. The molecule has 0 atom stereocenters. The Hall–Kier alpha value is -1.62. The van der Waals surface area contributed by atoms with E-state index in [0.717, 1.165) is 5.39 Å². The van der Waals surface area contributed by atoms with Crippen molar-refractivity contribution in [1.82, 2.24) is 15.0 Å². The Kier molecular flexibility index (Phi) is 2.78. The number of nitrogens with zero attached hydrogens (tertiary/aromatic N) is 3. The van der Waals surface area contributed by atoms with Gasteiger partial charge in [-0.1, -0.05) is 11.6 Å². The highest BCUT2D eigenvalue weighted by Crippen LogP contribution is 2.23. The molecule has 0 radical (unpaired) electrons. The van der Waals surface area contributed by atoms with E-state index in [1.807, 2.05) is 13.8 Å². The van der Waals surface area contributed by atoms with Gasteiger partial charge in [0, 0.05) is 17.6 Å². The van der Waals surface area contributed by atoms with Crippen molar-refractivity contribution in [1.29, 1.82) is 0 Å². The van der Waals surface area contributed by atoms with Crippen molar-refractivity contribution in [2.45, 2.75) is 19.9 Å². The maximum absolute atomic E-state index is 5.91. The summed E-state index contributed by atoms with van der Waals surface area (Å²) in [4.78, 5) is 12.3. The van der Waals surface area contributed by atoms with Crippen LogP contribution in [0, 0.1) is 0 Å². The Balaban J connectivity index is 2.64. The molecule has 0 bridgehead atoms. The summed E-state index contributed by atoms with van der Waals surface area (Å²) in [6.07, 6.45) is 1.64. The first kappa shape index (κ1) is 10.9. The van der Waals surface area contributed by atoms with Crippen LogP contribution in [0.1, 0.15) is 13.8 Å². The molecule has 0 saturated heterocycles. The molecular formula is C10H12ClN5. The molecule has 0 aliphatic carbocycles. The quantitative estimate of drug-likeness (QED) is 0.782. The monoisotopic (exact) mass is 237 g/mol. The minimum absolute atomic E-state index is 0.225. The Labute approximate surface area is 98.1 Å². The van der Waals surface area contributed by atoms with Gasteiger partial charge in [-0.15, -0.1) is 0 Å². The number of nitrogens with two attached hydrogens (primary N) is 1. The van der Waals surface area contributed by atoms with Crippen molar-refractivity contribution in [2.75, 3.05) is 11.1 Å². The third-order valence-corrected chi connectivity index (χ3v) is 2.17. The molecular weight excluding hydrogens is 226 g/mol. The van der Waals surface area contributed by atoms with Gasteiger partial charge in [0.1, 0.15) is 10.7 Å². The van der Waals surface area contributed by atoms with Crippen molar-refractivity contribution in [3.63, 3.8) is 0 Å². The molecule has 3 N–H and O–H groups in total. The minimum atomic E-state index is 0.225. The summed E-state index contributed by atoms with van der Waals surface area (Å²) >= 11 is 5.91. The number of hydrogen-bond donors (Lipinski definition) is 2. The highest BCUT2D eigenvalue weighted by Gasteiger charge is 2.08. The second-order valence-electron chi connectivity index (χ2n) is 3.76. The predicted molar refractivity (Wildman–Crippen MR) is 65.5 cm³/mol. The molecule has 2 aromatic rings. The van der Waals surface area contributed by atoms with E-state index in [1.165, 1.54) is 0 Å². The van der Waals surface area contributed by atoms with Gasteiger partial charge in [-0.25, -0.2) is 15.0 Å². The van der Waals surface area contributed by atoms with Gasteiger partial charge >= 0.3 is 0 Å². The topological polar surface area (TPSA) is 76.7 Å². The van der Waals surface area contributed by atoms with Gasteiger partial charge < -0.3 is 11.1 Å². The maximum atomic E-state index is 5.91. The number of nitrogen functional groups attached to an aromatic ring is 1. The number of rotatable bonds is 2. The Bertz CT molecular complexity index is 526. The number of pyridine rings is 1. The van der Waals surface area contributed by atoms with Gasteiger partial charge in [-0.2, -0.15) is 0 Å². The van der Waals surface area contributed by atoms with E-state index in [0.29, 0.717) is 16.5 Å². The number of nitrogens with one attached hydrogen (secondary N) is 1. The van der Waals surface area contributed by atoms with E-state index in [9.17, 15) is 0 Å². The fourth-order valence-electron chi connectivity index (χ4n) is 1.39. The highest BCUT2D eigenvalue weighted by molar-refractivity contribution is 6.30. The smallest absolute Gasteiger partial charge is 0.220 e. The van der Waals surface area contributed by atoms with Crippen LogP contribution < -0.4 is 11.1 Å². The minimum Gasteiger partial charge on any atom is -0.368 e. The van der Waals surface area contributed by atoms with Crippen molar-refractivity contribution >= 4 is 34.3 Å². The first-order chi connectivity index (χ1) is 7.56. The first-order valence-electron chi connectivity index (χ1n) is 4.91. The molecule has 5 nitrogen and oxygen atoms in total. The zero-order chi connectivity index (χ0) is 11.7. The van der Waals surface area contributed by atoms with E-state index >= 15 is 0 Å². The molecule has 0 aromatic carbocycles. The van der Waals surface area contributed by atoms with Crippen LogP contribution in [-0.4, -0.2) is 21.0 Å². The second-order valence-corrected chi connectivity index (χ2v) is 4.15. The van der Waals surface area contributed by atoms with E-state index < -0.39 is 0 Å². The molecule has 0 aliphatic rings. The maximum Gasteiger partial charge on any atom is 0.220 e. The second kappa shape index (κ2) is 4.09. The Morgan fingerprint density at radius 2 is 2.12 bits per heavy atom. The van der Waals surface area contributed by atoms with E-state index in [2.05, 4.69) is 20.3 Å². The molecule has 0 saturated carbocycles. The summed E-state index contributed by atoms with van der Waals surface area (Å²) in [5.41, 5.74) is 6.24. The van der Waals surface area contributed by atoms with Crippen LogP contribution in [0.3, 0.4) is 0 Å². The summed E-state index contributed by atoms with van der Waals surface area (Å²) in [6.45, 7) is 4.03. The standard InChI is InChI=1S/C10H12ClN5/c1-5(2)14-9-8-6(3-7(11)15-9)4-13-10(12)16-8/h3-5H,1-2H3,(H,14,15)(H2,12,13,16). The molecule has 2 heterocycles. The Morgan fingerprint density at radius 1 is 1.38 bits per heavy atom. The lowest BCUT2D eigenvalue weighted by Crippen LogP contribution is -2.12. The third-order valence-electron chi connectivity index (χ3n) is 1.98. The van der Waals surface area contributed by atoms with Gasteiger partial charge in [0.15, 0.2) is 5.82 Å². The van der Waals surface area contributed by atoms with Crippen molar-refractivity contribution in [3.8, 4) is 0 Å². The molecule has 6 heteroatoms. The van der Waals surface area contributed by atoms with Crippen LogP contribution in [-0.2, 0) is 0 Å². The lowest BCUT2D eigenvalue weighted by molar-refractivity contribution is 0.891. The molecule has 84 valence electrons. The third kappa shape index (κ3) is 2.14. The zero-order valence-corrected chi connectivity index (χ0v) is 9.78. The number of halogens is 1. The van der Waals surface area contributed by atoms with Gasteiger partial charge in [0.05, 0.1) is 0 Å². The summed E-state index contributed by atoms with van der Waals surface area (Å²) in [7, 11) is 0. The average molecular weight is 238 g/mol. The van der Waals surface area contributed by atoms with Crippen LogP contribution in [0.5, 0.6) is 0 Å². The number of fused-ring (bicyclic) bond motifs is 1. The lowest BCUT2D eigenvalue weighted by Gasteiger charge is -2.11. The lowest BCUT2D eigenvalue weighted by atomic mass is 10.3. The molecule has 2 rings (SSSR count). The predicted octanol–water partition coefficient (Wildman–Crippen LogP) is 2.08. The average Bonchev–Trinajstić information content (AvgIpc) is 2.18. The summed E-state index contributed by atoms with van der Waals surface area (Å²) < 4.78 is 0. The molecule has 16 heavy (non-hydrogen) atoms. The van der Waals surface area contributed by atoms with Crippen LogP contribution in [0.25, 0.3) is 10.9 Å². The van der Waals surface area contributed by atoms with Crippen LogP contribution in [0.2, 0.25) is 5.15 Å². The van der Waals surface area contributed by atoms with Gasteiger partial charge in [-0.3, -0.25) is 0 Å². The SMILES string of the molecule is CC(C)Nc1nc(Cl)cc2cnc(N)nc12. The van der Waals surface area contributed by atoms with E-state index in [1.54, 1.807) is 12.3 Å². The van der Waals surface area contributed by atoms with E-state index in [4.69, 9.17) is 17.3 Å². The van der Waals surface area contributed by atoms with E-state index in [-0.39, 0.29) is 12.0 Å². The molecule has 0 spiro atoms.